The molecular formula is C35H27ClFN3. The fourth-order valence-electron chi connectivity index (χ4n) is 5.32. The minimum atomic E-state index is -0.608. The number of rotatable bonds is 8. The van der Waals surface area contributed by atoms with Gasteiger partial charge in [-0.05, 0) is 52.6 Å². The van der Waals surface area contributed by atoms with Gasteiger partial charge in [0.1, 0.15) is 11.4 Å². The number of aromatic nitrogens is 2. The molecule has 40 heavy (non-hydrogen) atoms. The minimum Gasteiger partial charge on any atom is -0.381 e. The lowest BCUT2D eigenvalue weighted by molar-refractivity contribution is 0.515. The molecule has 196 valence electrons. The summed E-state index contributed by atoms with van der Waals surface area (Å²) in [6, 6.07) is 44.3. The second kappa shape index (κ2) is 11.2. The van der Waals surface area contributed by atoms with Crippen molar-refractivity contribution in [3.05, 3.63) is 179 Å². The molecule has 0 aliphatic rings. The van der Waals surface area contributed by atoms with E-state index in [2.05, 4.69) is 88.9 Å². The molecule has 0 spiro atoms. The quantitative estimate of drug-likeness (QED) is 0.194. The summed E-state index contributed by atoms with van der Waals surface area (Å²) in [6.07, 6.45) is 4.03. The van der Waals surface area contributed by atoms with E-state index in [1.807, 2.05) is 48.8 Å². The Bertz CT molecular complexity index is 1580. The van der Waals surface area contributed by atoms with E-state index in [0.717, 1.165) is 39.2 Å². The molecule has 0 aliphatic carbocycles. The molecular weight excluding hydrogens is 517 g/mol. The van der Waals surface area contributed by atoms with Gasteiger partial charge in [-0.25, -0.2) is 9.37 Å². The van der Waals surface area contributed by atoms with Gasteiger partial charge in [-0.3, -0.25) is 0 Å². The first-order chi connectivity index (χ1) is 19.6. The van der Waals surface area contributed by atoms with Crippen LogP contribution in [0.2, 0.25) is 5.02 Å². The molecule has 0 aliphatic heterocycles. The molecule has 0 amide bonds. The Morgan fingerprint density at radius 2 is 1.25 bits per heavy atom. The summed E-state index contributed by atoms with van der Waals surface area (Å²) in [6.45, 7) is 0.471. The number of anilines is 1. The summed E-state index contributed by atoms with van der Waals surface area (Å²) < 4.78 is 15.9. The van der Waals surface area contributed by atoms with Crippen molar-refractivity contribution in [1.29, 1.82) is 0 Å². The highest BCUT2D eigenvalue weighted by Crippen LogP contribution is 2.41. The zero-order valence-electron chi connectivity index (χ0n) is 21.7. The van der Waals surface area contributed by atoms with Crippen molar-refractivity contribution in [1.82, 2.24) is 9.55 Å². The highest BCUT2D eigenvalue weighted by atomic mass is 35.5. The normalized spacial score (nSPS) is 11.3. The molecule has 1 aromatic heterocycles. The zero-order chi connectivity index (χ0) is 27.4. The number of nitrogens with zero attached hydrogens (tertiary/aromatic N) is 2. The van der Waals surface area contributed by atoms with Crippen molar-refractivity contribution >= 4 is 17.3 Å². The van der Waals surface area contributed by atoms with Crippen molar-refractivity contribution < 1.29 is 4.39 Å². The predicted molar refractivity (Wildman–Crippen MR) is 161 cm³/mol. The maximum Gasteiger partial charge on any atom is 0.125 e. The number of nitrogens with one attached hydrogen (secondary N) is 1. The maximum absolute atomic E-state index is 13.7. The van der Waals surface area contributed by atoms with Gasteiger partial charge in [0.2, 0.25) is 0 Å². The fraction of sp³-hybridized carbons (Fsp3) is 0.0571. The lowest BCUT2D eigenvalue weighted by Gasteiger charge is -2.37. The summed E-state index contributed by atoms with van der Waals surface area (Å²) in [7, 11) is 0. The summed E-state index contributed by atoms with van der Waals surface area (Å²) >= 11 is 6.00. The topological polar surface area (TPSA) is 29.9 Å². The molecule has 0 saturated carbocycles. The number of benzene rings is 5. The van der Waals surface area contributed by atoms with Crippen molar-refractivity contribution in [2.45, 2.75) is 12.1 Å². The molecule has 0 radical (unpaired) electrons. The van der Waals surface area contributed by atoms with Crippen molar-refractivity contribution in [2.24, 2.45) is 0 Å². The molecule has 5 heteroatoms. The Hall–Kier alpha value is -4.67. The van der Waals surface area contributed by atoms with Gasteiger partial charge >= 0.3 is 0 Å². The fourth-order valence-corrected chi connectivity index (χ4v) is 5.56. The van der Waals surface area contributed by atoms with Gasteiger partial charge in [0.15, 0.2) is 0 Å². The Labute approximate surface area is 238 Å². The van der Waals surface area contributed by atoms with E-state index in [1.165, 1.54) is 12.1 Å². The first-order valence-electron chi connectivity index (χ1n) is 13.1. The van der Waals surface area contributed by atoms with Gasteiger partial charge in [0, 0.05) is 29.0 Å². The standard InChI is InChI=1S/C35H27ClFN3/c36-31-20-26(21-32(37)22-31)23-38-33-18-16-27(17-19-33)34-24-40(25-39-34)35(28-10-4-1-5-11-28,29-12-6-2-7-13-29)30-14-8-3-9-15-30/h1-22,24-25,38H,23H2. The van der Waals surface area contributed by atoms with E-state index in [0.29, 0.717) is 11.6 Å². The van der Waals surface area contributed by atoms with Crippen molar-refractivity contribution in [2.75, 3.05) is 5.32 Å². The van der Waals surface area contributed by atoms with Crippen LogP contribution in [0.4, 0.5) is 10.1 Å². The van der Waals surface area contributed by atoms with Crippen LogP contribution in [-0.4, -0.2) is 9.55 Å². The Kier molecular flexibility index (Phi) is 7.17. The van der Waals surface area contributed by atoms with E-state index in [9.17, 15) is 4.39 Å². The van der Waals surface area contributed by atoms with Gasteiger partial charge in [-0.2, -0.15) is 0 Å². The first kappa shape index (κ1) is 25.6. The van der Waals surface area contributed by atoms with E-state index >= 15 is 0 Å². The van der Waals surface area contributed by atoms with Crippen LogP contribution in [0.15, 0.2) is 146 Å². The van der Waals surface area contributed by atoms with E-state index < -0.39 is 5.54 Å². The second-order valence-electron chi connectivity index (χ2n) is 9.68. The third kappa shape index (κ3) is 5.02. The van der Waals surface area contributed by atoms with Gasteiger partial charge in [-0.1, -0.05) is 115 Å². The molecule has 5 aromatic carbocycles. The van der Waals surface area contributed by atoms with E-state index in [1.54, 1.807) is 6.07 Å². The van der Waals surface area contributed by atoms with Crippen LogP contribution in [0, 0.1) is 5.82 Å². The Balaban J connectivity index is 1.36. The summed E-state index contributed by atoms with van der Waals surface area (Å²) in [5, 5.41) is 3.73. The Morgan fingerprint density at radius 3 is 1.77 bits per heavy atom. The molecule has 0 atom stereocenters. The van der Waals surface area contributed by atoms with Gasteiger partial charge in [-0.15, -0.1) is 0 Å². The second-order valence-corrected chi connectivity index (χ2v) is 10.1. The largest absolute Gasteiger partial charge is 0.381 e. The summed E-state index contributed by atoms with van der Waals surface area (Å²) in [5.41, 5.74) is 6.41. The average molecular weight is 544 g/mol. The molecule has 0 unspecified atom stereocenters. The third-order valence-corrected chi connectivity index (χ3v) is 7.36. The molecule has 0 saturated heterocycles. The number of halogens is 2. The van der Waals surface area contributed by atoms with E-state index in [-0.39, 0.29) is 5.82 Å². The monoisotopic (exact) mass is 543 g/mol. The zero-order valence-corrected chi connectivity index (χ0v) is 22.5. The molecule has 3 nitrogen and oxygen atoms in total. The van der Waals surface area contributed by atoms with Crippen LogP contribution in [0.1, 0.15) is 22.3 Å². The highest BCUT2D eigenvalue weighted by molar-refractivity contribution is 6.30. The number of hydrogen-bond acceptors (Lipinski definition) is 2. The maximum atomic E-state index is 13.7. The molecule has 0 fully saturated rings. The minimum absolute atomic E-state index is 0.340. The smallest absolute Gasteiger partial charge is 0.125 e. The summed E-state index contributed by atoms with van der Waals surface area (Å²) in [5.74, 6) is -0.340. The predicted octanol–water partition coefficient (Wildman–Crippen LogP) is 8.79. The SMILES string of the molecule is Fc1cc(Cl)cc(CNc2ccc(-c3cn(C(c4ccccc4)(c4ccccc4)c4ccccc4)cn3)cc2)c1. The highest BCUT2D eigenvalue weighted by Gasteiger charge is 2.38. The molecule has 0 bridgehead atoms. The van der Waals surface area contributed by atoms with Crippen LogP contribution in [0.3, 0.4) is 0 Å². The molecule has 1 N–H and O–H groups in total. The number of hydrogen-bond donors (Lipinski definition) is 1. The van der Waals surface area contributed by atoms with Crippen LogP contribution in [0.5, 0.6) is 0 Å². The Morgan fingerprint density at radius 1 is 0.700 bits per heavy atom. The van der Waals surface area contributed by atoms with Gasteiger partial charge < -0.3 is 9.88 Å². The van der Waals surface area contributed by atoms with E-state index in [4.69, 9.17) is 16.6 Å². The summed E-state index contributed by atoms with van der Waals surface area (Å²) in [4.78, 5) is 4.86. The van der Waals surface area contributed by atoms with Crippen LogP contribution >= 0.6 is 11.6 Å². The lowest BCUT2D eigenvalue weighted by Crippen LogP contribution is -2.36. The first-order valence-corrected chi connectivity index (χ1v) is 13.5. The van der Waals surface area contributed by atoms with Crippen molar-refractivity contribution in [3.8, 4) is 11.3 Å². The van der Waals surface area contributed by atoms with Crippen LogP contribution in [0.25, 0.3) is 11.3 Å². The van der Waals surface area contributed by atoms with Crippen LogP contribution in [-0.2, 0) is 12.1 Å². The molecule has 6 rings (SSSR count). The average Bonchev–Trinajstić information content (AvgIpc) is 3.49. The third-order valence-electron chi connectivity index (χ3n) is 7.14. The lowest BCUT2D eigenvalue weighted by atomic mass is 9.77. The van der Waals surface area contributed by atoms with Gasteiger partial charge in [0.05, 0.1) is 12.0 Å². The molecule has 1 heterocycles. The number of imidazole rings is 1. The van der Waals surface area contributed by atoms with Gasteiger partial charge in [0.25, 0.3) is 0 Å². The molecule has 6 aromatic rings. The van der Waals surface area contributed by atoms with Crippen molar-refractivity contribution in [3.63, 3.8) is 0 Å². The van der Waals surface area contributed by atoms with Crippen LogP contribution < -0.4 is 5.32 Å².